The standard InChI is InChI=1S/C15H17FN4O.ClH/c16-11-3-1-4-12(9-11)18-15(21)14-6-8-20(19-14)13-5-2-7-17-10-13;/h1,3-4,6,8-9,13,17H,2,5,7,10H2,(H,18,21);1H. The van der Waals surface area contributed by atoms with Crippen LogP contribution in [0.25, 0.3) is 0 Å². The molecule has 118 valence electrons. The summed E-state index contributed by atoms with van der Waals surface area (Å²) in [6.45, 7) is 1.90. The van der Waals surface area contributed by atoms with E-state index in [9.17, 15) is 9.18 Å². The van der Waals surface area contributed by atoms with Crippen molar-refractivity contribution in [1.82, 2.24) is 15.1 Å². The average Bonchev–Trinajstić information content (AvgIpc) is 2.98. The number of benzene rings is 1. The number of hydrogen-bond acceptors (Lipinski definition) is 3. The SMILES string of the molecule is Cl.O=C(Nc1cccc(F)c1)c1ccn(C2CCCNC2)n1. The molecule has 2 N–H and O–H groups in total. The van der Waals surface area contributed by atoms with Gasteiger partial charge in [0.05, 0.1) is 6.04 Å². The zero-order chi connectivity index (χ0) is 14.7. The van der Waals surface area contributed by atoms with Crippen LogP contribution in [0.3, 0.4) is 0 Å². The number of aromatic nitrogens is 2. The Labute approximate surface area is 134 Å². The predicted octanol–water partition coefficient (Wildman–Crippen LogP) is 2.62. The molecule has 7 heteroatoms. The van der Waals surface area contributed by atoms with E-state index < -0.39 is 0 Å². The van der Waals surface area contributed by atoms with Gasteiger partial charge in [0, 0.05) is 18.4 Å². The Bertz CT molecular complexity index is 640. The summed E-state index contributed by atoms with van der Waals surface area (Å²) in [6, 6.07) is 7.78. The number of carbonyl (C=O) groups is 1. The summed E-state index contributed by atoms with van der Waals surface area (Å²) in [4.78, 5) is 12.1. The van der Waals surface area contributed by atoms with Crippen molar-refractivity contribution in [1.29, 1.82) is 0 Å². The summed E-state index contributed by atoms with van der Waals surface area (Å²) >= 11 is 0. The van der Waals surface area contributed by atoms with E-state index in [1.54, 1.807) is 18.2 Å². The zero-order valence-electron chi connectivity index (χ0n) is 12.0. The van der Waals surface area contributed by atoms with E-state index >= 15 is 0 Å². The van der Waals surface area contributed by atoms with Gasteiger partial charge in [0.1, 0.15) is 5.82 Å². The maximum Gasteiger partial charge on any atom is 0.276 e. The molecule has 0 aliphatic carbocycles. The zero-order valence-corrected chi connectivity index (χ0v) is 12.8. The van der Waals surface area contributed by atoms with Gasteiger partial charge in [0.15, 0.2) is 5.69 Å². The van der Waals surface area contributed by atoms with Crippen LogP contribution in [-0.2, 0) is 0 Å². The quantitative estimate of drug-likeness (QED) is 0.912. The summed E-state index contributed by atoms with van der Waals surface area (Å²) in [7, 11) is 0. The Morgan fingerprint density at radius 2 is 2.27 bits per heavy atom. The highest BCUT2D eigenvalue weighted by Crippen LogP contribution is 2.16. The highest BCUT2D eigenvalue weighted by molar-refractivity contribution is 6.02. The molecule has 0 spiro atoms. The van der Waals surface area contributed by atoms with Crippen molar-refractivity contribution in [3.05, 3.63) is 48.0 Å². The molecule has 1 aromatic carbocycles. The van der Waals surface area contributed by atoms with Crippen molar-refractivity contribution in [3.63, 3.8) is 0 Å². The lowest BCUT2D eigenvalue weighted by molar-refractivity contribution is 0.102. The van der Waals surface area contributed by atoms with Crippen molar-refractivity contribution < 1.29 is 9.18 Å². The number of rotatable bonds is 3. The minimum atomic E-state index is -0.383. The lowest BCUT2D eigenvalue weighted by atomic mass is 10.1. The molecule has 1 aliphatic rings. The number of hydrogen-bond donors (Lipinski definition) is 2. The van der Waals surface area contributed by atoms with Crippen LogP contribution in [0, 0.1) is 5.82 Å². The summed E-state index contributed by atoms with van der Waals surface area (Å²) in [5, 5.41) is 10.3. The first kappa shape index (κ1) is 16.5. The average molecular weight is 325 g/mol. The van der Waals surface area contributed by atoms with Crippen molar-refractivity contribution in [2.75, 3.05) is 18.4 Å². The van der Waals surface area contributed by atoms with Gasteiger partial charge in [0.2, 0.25) is 0 Å². The molecule has 0 saturated carbocycles. The van der Waals surface area contributed by atoms with Crippen LogP contribution in [-0.4, -0.2) is 28.8 Å². The second-order valence-corrected chi connectivity index (χ2v) is 5.15. The molecule has 1 aromatic heterocycles. The van der Waals surface area contributed by atoms with Crippen molar-refractivity contribution in [3.8, 4) is 0 Å². The normalized spacial score (nSPS) is 17.6. The van der Waals surface area contributed by atoms with E-state index in [4.69, 9.17) is 0 Å². The predicted molar refractivity (Wildman–Crippen MR) is 85.0 cm³/mol. The van der Waals surface area contributed by atoms with Gasteiger partial charge in [-0.3, -0.25) is 9.48 Å². The number of nitrogens with zero attached hydrogens (tertiary/aromatic N) is 2. The van der Waals surface area contributed by atoms with Gasteiger partial charge in [-0.25, -0.2) is 4.39 Å². The molecule has 3 rings (SSSR count). The van der Waals surface area contributed by atoms with Crippen molar-refractivity contribution >= 4 is 24.0 Å². The van der Waals surface area contributed by atoms with Crippen molar-refractivity contribution in [2.24, 2.45) is 0 Å². The molecule has 2 heterocycles. The molecule has 22 heavy (non-hydrogen) atoms. The minimum absolute atomic E-state index is 0. The first-order chi connectivity index (χ1) is 10.2. The number of halogens is 2. The number of carbonyl (C=O) groups excluding carboxylic acids is 1. The van der Waals surface area contributed by atoms with Gasteiger partial charge in [0.25, 0.3) is 5.91 Å². The molecule has 1 amide bonds. The van der Waals surface area contributed by atoms with Crippen LogP contribution >= 0.6 is 12.4 Å². The molecule has 1 unspecified atom stereocenters. The Kier molecular flexibility index (Phi) is 5.51. The maximum absolute atomic E-state index is 13.1. The Morgan fingerprint density at radius 3 is 3.00 bits per heavy atom. The van der Waals surface area contributed by atoms with Gasteiger partial charge in [-0.2, -0.15) is 5.10 Å². The highest BCUT2D eigenvalue weighted by Gasteiger charge is 2.17. The summed E-state index contributed by atoms with van der Waals surface area (Å²) in [5.74, 6) is -0.713. The monoisotopic (exact) mass is 324 g/mol. The van der Waals surface area contributed by atoms with Crippen LogP contribution in [0.15, 0.2) is 36.5 Å². The Hall–Kier alpha value is -1.92. The molecular weight excluding hydrogens is 307 g/mol. The van der Waals surface area contributed by atoms with Gasteiger partial charge < -0.3 is 10.6 Å². The molecule has 5 nitrogen and oxygen atoms in total. The maximum atomic E-state index is 13.1. The molecule has 1 atom stereocenters. The Balaban J connectivity index is 0.00000176. The summed E-state index contributed by atoms with van der Waals surface area (Å²) < 4.78 is 14.9. The second kappa shape index (κ2) is 7.38. The number of amides is 1. The van der Waals surface area contributed by atoms with Crippen LogP contribution < -0.4 is 10.6 Å². The van der Waals surface area contributed by atoms with E-state index in [2.05, 4.69) is 15.7 Å². The molecular formula is C15H18ClFN4O. The highest BCUT2D eigenvalue weighted by atomic mass is 35.5. The fourth-order valence-corrected chi connectivity index (χ4v) is 2.48. The van der Waals surface area contributed by atoms with Gasteiger partial charge in [-0.1, -0.05) is 6.07 Å². The minimum Gasteiger partial charge on any atom is -0.320 e. The van der Waals surface area contributed by atoms with Crippen LogP contribution in [0.2, 0.25) is 0 Å². The molecule has 1 saturated heterocycles. The van der Waals surface area contributed by atoms with Gasteiger partial charge in [-0.15, -0.1) is 12.4 Å². The third-order valence-electron chi connectivity index (χ3n) is 3.57. The molecule has 0 radical (unpaired) electrons. The molecule has 2 aromatic rings. The van der Waals surface area contributed by atoms with E-state index in [1.807, 2.05) is 10.9 Å². The first-order valence-corrected chi connectivity index (χ1v) is 7.05. The van der Waals surface area contributed by atoms with Gasteiger partial charge in [-0.05, 0) is 43.7 Å². The van der Waals surface area contributed by atoms with Crippen LogP contribution in [0.5, 0.6) is 0 Å². The van der Waals surface area contributed by atoms with E-state index in [0.29, 0.717) is 11.4 Å². The Morgan fingerprint density at radius 1 is 1.41 bits per heavy atom. The smallest absolute Gasteiger partial charge is 0.276 e. The lowest BCUT2D eigenvalue weighted by Crippen LogP contribution is -2.32. The van der Waals surface area contributed by atoms with E-state index in [0.717, 1.165) is 25.9 Å². The number of piperidine rings is 1. The van der Waals surface area contributed by atoms with Crippen LogP contribution in [0.4, 0.5) is 10.1 Å². The third kappa shape index (κ3) is 3.84. The summed E-state index contributed by atoms with van der Waals surface area (Å²) in [6.07, 6.45) is 3.98. The largest absolute Gasteiger partial charge is 0.320 e. The lowest BCUT2D eigenvalue weighted by Gasteiger charge is -2.22. The summed E-state index contributed by atoms with van der Waals surface area (Å²) in [5.41, 5.74) is 0.763. The second-order valence-electron chi connectivity index (χ2n) is 5.15. The molecule has 0 bridgehead atoms. The van der Waals surface area contributed by atoms with Crippen LogP contribution in [0.1, 0.15) is 29.4 Å². The number of anilines is 1. The third-order valence-corrected chi connectivity index (χ3v) is 3.57. The number of nitrogens with one attached hydrogen (secondary N) is 2. The fraction of sp³-hybridized carbons (Fsp3) is 0.333. The molecule has 1 fully saturated rings. The van der Waals surface area contributed by atoms with E-state index in [-0.39, 0.29) is 30.2 Å². The fourth-order valence-electron chi connectivity index (χ4n) is 2.48. The first-order valence-electron chi connectivity index (χ1n) is 7.05. The molecule has 1 aliphatic heterocycles. The van der Waals surface area contributed by atoms with Crippen molar-refractivity contribution in [2.45, 2.75) is 18.9 Å². The van der Waals surface area contributed by atoms with Gasteiger partial charge >= 0.3 is 0 Å². The van der Waals surface area contributed by atoms with E-state index in [1.165, 1.54) is 12.1 Å². The topological polar surface area (TPSA) is 59.0 Å².